The van der Waals surface area contributed by atoms with Gasteiger partial charge in [-0.1, -0.05) is 36.0 Å². The van der Waals surface area contributed by atoms with Crippen LogP contribution in [0.25, 0.3) is 0 Å². The highest BCUT2D eigenvalue weighted by Crippen LogP contribution is 2.21. The Morgan fingerprint density at radius 3 is 2.35 bits per heavy atom. The first kappa shape index (κ1) is 12.0. The highest BCUT2D eigenvalue weighted by atomic mass is 35.5. The van der Waals surface area contributed by atoms with Crippen LogP contribution in [-0.2, 0) is 0 Å². The zero-order valence-corrected chi connectivity index (χ0v) is 10.4. The third-order valence-corrected chi connectivity index (χ3v) is 2.90. The fourth-order valence-electron chi connectivity index (χ4n) is 1.36. The molecular weight excluding hydrogens is 257 g/mol. The largest absolute Gasteiger partial charge is 0.345 e. The molecule has 4 heteroatoms. The van der Waals surface area contributed by atoms with Crippen molar-refractivity contribution in [2.24, 2.45) is 0 Å². The Labute approximate surface area is 109 Å². The van der Waals surface area contributed by atoms with Gasteiger partial charge in [0.1, 0.15) is 10.8 Å². The van der Waals surface area contributed by atoms with Gasteiger partial charge in [-0.15, -0.1) is 0 Å². The maximum atomic E-state index is 12.8. The number of nitrogens with one attached hydrogen (secondary N) is 1. The maximum Gasteiger partial charge on any atom is 0.123 e. The topological polar surface area (TPSA) is 12.0 Å². The van der Waals surface area contributed by atoms with Gasteiger partial charge >= 0.3 is 0 Å². The Morgan fingerprint density at radius 1 is 1.06 bits per heavy atom. The van der Waals surface area contributed by atoms with E-state index in [2.05, 4.69) is 5.32 Å². The molecule has 0 aliphatic rings. The number of anilines is 1. The molecule has 2 rings (SSSR count). The number of hydrogen-bond acceptors (Lipinski definition) is 1. The van der Waals surface area contributed by atoms with E-state index in [9.17, 15) is 4.39 Å². The Balaban J connectivity index is 2.17. The Bertz CT molecular complexity index is 539. The lowest BCUT2D eigenvalue weighted by molar-refractivity contribution is 0.628. The summed E-state index contributed by atoms with van der Waals surface area (Å²) in [5.41, 5.74) is 1.49. The Kier molecular flexibility index (Phi) is 3.71. The summed E-state index contributed by atoms with van der Waals surface area (Å²) < 4.78 is 12.8. The van der Waals surface area contributed by atoms with Crippen LogP contribution >= 0.6 is 23.8 Å². The molecule has 0 aliphatic heterocycles. The fraction of sp³-hybridized carbons (Fsp3) is 0. The molecule has 0 saturated heterocycles. The zero-order chi connectivity index (χ0) is 12.3. The molecule has 2 aromatic carbocycles. The third-order valence-electron chi connectivity index (χ3n) is 2.23. The molecule has 0 heterocycles. The maximum absolute atomic E-state index is 12.8. The van der Waals surface area contributed by atoms with Crippen LogP contribution in [0, 0.1) is 5.82 Å². The van der Waals surface area contributed by atoms with Gasteiger partial charge in [-0.25, -0.2) is 4.39 Å². The highest BCUT2D eigenvalue weighted by Gasteiger charge is 2.04. The minimum absolute atomic E-state index is 0.283. The monoisotopic (exact) mass is 265 g/mol. The molecule has 0 aromatic heterocycles. The molecular formula is C13H9ClFNS. The lowest BCUT2D eigenvalue weighted by atomic mass is 10.2. The number of halogens is 2. The average Bonchev–Trinajstić information content (AvgIpc) is 2.33. The zero-order valence-electron chi connectivity index (χ0n) is 8.78. The van der Waals surface area contributed by atoms with Crippen LogP contribution in [0.4, 0.5) is 10.1 Å². The van der Waals surface area contributed by atoms with Gasteiger partial charge in [0.2, 0.25) is 0 Å². The van der Waals surface area contributed by atoms with E-state index < -0.39 is 0 Å². The van der Waals surface area contributed by atoms with E-state index in [0.29, 0.717) is 10.0 Å². The summed E-state index contributed by atoms with van der Waals surface area (Å²) in [4.78, 5) is 0.512. The summed E-state index contributed by atoms with van der Waals surface area (Å²) in [7, 11) is 0. The first-order valence-electron chi connectivity index (χ1n) is 4.98. The molecule has 17 heavy (non-hydrogen) atoms. The number of hydrogen-bond donors (Lipinski definition) is 1. The molecule has 0 spiro atoms. The van der Waals surface area contributed by atoms with E-state index in [-0.39, 0.29) is 5.82 Å². The quantitative estimate of drug-likeness (QED) is 0.814. The summed E-state index contributed by atoms with van der Waals surface area (Å²) in [5, 5.41) is 3.62. The van der Waals surface area contributed by atoms with Crippen molar-refractivity contribution in [3.05, 3.63) is 64.9 Å². The van der Waals surface area contributed by atoms with Gasteiger partial charge in [0.15, 0.2) is 0 Å². The first-order valence-corrected chi connectivity index (χ1v) is 5.77. The van der Waals surface area contributed by atoms with E-state index in [0.717, 1.165) is 11.3 Å². The van der Waals surface area contributed by atoms with Crippen LogP contribution in [0.15, 0.2) is 48.5 Å². The van der Waals surface area contributed by atoms with Crippen molar-refractivity contribution in [3.8, 4) is 0 Å². The van der Waals surface area contributed by atoms with Crippen molar-refractivity contribution >= 4 is 34.5 Å². The smallest absolute Gasteiger partial charge is 0.123 e. The molecule has 2 aromatic rings. The van der Waals surface area contributed by atoms with E-state index in [1.54, 1.807) is 18.2 Å². The standard InChI is InChI=1S/C13H9ClFNS/c14-11-3-1-2-4-12(11)16-13(17)9-5-7-10(15)8-6-9/h1-8H,(H,16,17). The van der Waals surface area contributed by atoms with Gasteiger partial charge in [0, 0.05) is 5.56 Å². The van der Waals surface area contributed by atoms with Crippen LogP contribution in [-0.4, -0.2) is 4.99 Å². The SMILES string of the molecule is Fc1ccc(C(=S)Nc2ccccc2Cl)cc1. The summed E-state index contributed by atoms with van der Waals surface area (Å²) in [6.45, 7) is 0. The molecule has 0 aliphatic carbocycles. The van der Waals surface area contributed by atoms with Crippen LogP contribution in [0.3, 0.4) is 0 Å². The second-order valence-electron chi connectivity index (χ2n) is 3.44. The third kappa shape index (κ3) is 3.02. The van der Waals surface area contributed by atoms with Crippen molar-refractivity contribution in [3.63, 3.8) is 0 Å². The Hall–Kier alpha value is -1.45. The summed E-state index contributed by atoms with van der Waals surface area (Å²) in [6, 6.07) is 13.3. The second kappa shape index (κ2) is 5.25. The Morgan fingerprint density at radius 2 is 1.71 bits per heavy atom. The molecule has 0 atom stereocenters. The molecule has 0 bridgehead atoms. The van der Waals surface area contributed by atoms with Crippen molar-refractivity contribution in [1.82, 2.24) is 0 Å². The van der Waals surface area contributed by atoms with Crippen LogP contribution < -0.4 is 5.32 Å². The van der Waals surface area contributed by atoms with Crippen molar-refractivity contribution < 1.29 is 4.39 Å². The summed E-state index contributed by atoms with van der Waals surface area (Å²) in [6.07, 6.45) is 0. The van der Waals surface area contributed by atoms with Gasteiger partial charge in [-0.05, 0) is 36.4 Å². The summed E-state index contributed by atoms with van der Waals surface area (Å²) >= 11 is 11.2. The molecule has 0 fully saturated rings. The van der Waals surface area contributed by atoms with E-state index in [4.69, 9.17) is 23.8 Å². The molecule has 1 N–H and O–H groups in total. The van der Waals surface area contributed by atoms with E-state index >= 15 is 0 Å². The van der Waals surface area contributed by atoms with Crippen molar-refractivity contribution in [2.45, 2.75) is 0 Å². The highest BCUT2D eigenvalue weighted by molar-refractivity contribution is 7.81. The lowest BCUT2D eigenvalue weighted by Crippen LogP contribution is -2.10. The number of rotatable bonds is 2. The molecule has 0 unspecified atom stereocenters. The fourth-order valence-corrected chi connectivity index (χ4v) is 1.79. The van der Waals surface area contributed by atoms with Gasteiger partial charge in [-0.2, -0.15) is 0 Å². The molecule has 0 saturated carbocycles. The second-order valence-corrected chi connectivity index (χ2v) is 4.26. The average molecular weight is 266 g/mol. The normalized spacial score (nSPS) is 10.0. The van der Waals surface area contributed by atoms with Gasteiger partial charge in [0.05, 0.1) is 10.7 Å². The minimum atomic E-state index is -0.283. The molecule has 86 valence electrons. The molecule has 0 amide bonds. The van der Waals surface area contributed by atoms with Crippen LogP contribution in [0.1, 0.15) is 5.56 Å². The lowest BCUT2D eigenvalue weighted by Gasteiger charge is -2.09. The number of para-hydroxylation sites is 1. The summed E-state index contributed by atoms with van der Waals surface area (Å²) in [5.74, 6) is -0.283. The first-order chi connectivity index (χ1) is 8.16. The van der Waals surface area contributed by atoms with Crippen LogP contribution in [0.2, 0.25) is 5.02 Å². The molecule has 0 radical (unpaired) electrons. The van der Waals surface area contributed by atoms with Crippen LogP contribution in [0.5, 0.6) is 0 Å². The number of thiocarbonyl (C=S) groups is 1. The molecule has 1 nitrogen and oxygen atoms in total. The minimum Gasteiger partial charge on any atom is -0.345 e. The predicted molar refractivity (Wildman–Crippen MR) is 73.2 cm³/mol. The number of benzene rings is 2. The van der Waals surface area contributed by atoms with Gasteiger partial charge < -0.3 is 5.32 Å². The van der Waals surface area contributed by atoms with Crippen molar-refractivity contribution in [1.29, 1.82) is 0 Å². The van der Waals surface area contributed by atoms with E-state index in [1.807, 2.05) is 18.2 Å². The van der Waals surface area contributed by atoms with E-state index in [1.165, 1.54) is 12.1 Å². The predicted octanol–water partition coefficient (Wildman–Crippen LogP) is 4.27. The van der Waals surface area contributed by atoms with Crippen molar-refractivity contribution in [2.75, 3.05) is 5.32 Å². The van der Waals surface area contributed by atoms with Gasteiger partial charge in [0.25, 0.3) is 0 Å². The van der Waals surface area contributed by atoms with Gasteiger partial charge in [-0.3, -0.25) is 0 Å².